The first-order valence-electron chi connectivity index (χ1n) is 16.4. The van der Waals surface area contributed by atoms with Gasteiger partial charge in [-0.1, -0.05) is 29.8 Å². The molecule has 47 heavy (non-hydrogen) atoms. The van der Waals surface area contributed by atoms with E-state index in [1.807, 2.05) is 9.80 Å². The standard InChI is InChI=1S/C35H40ClF2N3O6/c1-2-45-34(44)23-9-11-25(12-10-23)47-35(40-13-5-6-14-40,41-19-22(18-37)20-41)32(42)16-24-15-28(36)30(17-29(24)38)39-33(43)27-21-46-31-8-4-3-7-26(27)31/h3-4,7-8,15,17,21-23,25H,2,5-6,9-14,16,18-20H2,1H3,(H,39,43). The Morgan fingerprint density at radius 1 is 1.06 bits per heavy atom. The lowest BCUT2D eigenvalue weighted by Gasteiger charge is -2.55. The van der Waals surface area contributed by atoms with Crippen molar-refractivity contribution in [1.29, 1.82) is 0 Å². The summed E-state index contributed by atoms with van der Waals surface area (Å²) in [6.07, 6.45) is 4.71. The van der Waals surface area contributed by atoms with E-state index < -0.39 is 24.2 Å². The molecule has 0 radical (unpaired) electrons. The number of hydrogen-bond donors (Lipinski definition) is 1. The van der Waals surface area contributed by atoms with Crippen LogP contribution in [0.5, 0.6) is 0 Å². The van der Waals surface area contributed by atoms with Gasteiger partial charge in [0.25, 0.3) is 5.91 Å². The Bertz CT molecular complexity index is 1610. The number of ketones is 1. The van der Waals surface area contributed by atoms with Crippen LogP contribution in [-0.2, 0) is 25.5 Å². The first kappa shape index (κ1) is 33.5. The molecule has 6 rings (SSSR count). The Kier molecular flexibility index (Phi) is 10.3. The van der Waals surface area contributed by atoms with Crippen LogP contribution in [0.25, 0.3) is 11.0 Å². The highest BCUT2D eigenvalue weighted by atomic mass is 35.5. The van der Waals surface area contributed by atoms with Crippen molar-refractivity contribution in [1.82, 2.24) is 9.80 Å². The van der Waals surface area contributed by atoms with Gasteiger partial charge < -0.3 is 19.2 Å². The lowest BCUT2D eigenvalue weighted by atomic mass is 9.87. The van der Waals surface area contributed by atoms with Crippen LogP contribution >= 0.6 is 11.6 Å². The van der Waals surface area contributed by atoms with Crippen LogP contribution in [-0.4, -0.2) is 78.9 Å². The smallest absolute Gasteiger partial charge is 0.308 e. The zero-order valence-corrected chi connectivity index (χ0v) is 27.2. The fourth-order valence-corrected chi connectivity index (χ4v) is 7.30. The van der Waals surface area contributed by atoms with Gasteiger partial charge in [-0.15, -0.1) is 0 Å². The number of anilines is 1. The number of amides is 1. The Balaban J connectivity index is 1.23. The molecule has 252 valence electrons. The largest absolute Gasteiger partial charge is 0.466 e. The van der Waals surface area contributed by atoms with Gasteiger partial charge >= 0.3 is 5.97 Å². The number of carbonyl (C=O) groups excluding carboxylic acids is 3. The van der Waals surface area contributed by atoms with Crippen molar-refractivity contribution in [2.24, 2.45) is 11.8 Å². The van der Waals surface area contributed by atoms with Gasteiger partial charge in [0.15, 0.2) is 5.78 Å². The lowest BCUT2D eigenvalue weighted by molar-refractivity contribution is -0.276. The molecule has 3 heterocycles. The van der Waals surface area contributed by atoms with Gasteiger partial charge in [-0.25, -0.2) is 4.39 Å². The highest BCUT2D eigenvalue weighted by Gasteiger charge is 2.56. The Hall–Kier alpha value is -3.38. The first-order valence-corrected chi connectivity index (χ1v) is 16.8. The van der Waals surface area contributed by atoms with Crippen LogP contribution in [0, 0.1) is 17.7 Å². The van der Waals surface area contributed by atoms with Crippen molar-refractivity contribution in [3.8, 4) is 0 Å². The number of Topliss-reactive ketones (excluding diaryl/α,β-unsaturated/α-hetero) is 1. The van der Waals surface area contributed by atoms with Crippen molar-refractivity contribution < 1.29 is 37.1 Å². The van der Waals surface area contributed by atoms with Crippen LogP contribution in [0.3, 0.4) is 0 Å². The van der Waals surface area contributed by atoms with Gasteiger partial charge in [0.05, 0.1) is 41.6 Å². The third-order valence-electron chi connectivity index (χ3n) is 9.59. The molecular weight excluding hydrogens is 632 g/mol. The third kappa shape index (κ3) is 6.81. The number of likely N-dealkylation sites (tertiary alicyclic amines) is 2. The summed E-state index contributed by atoms with van der Waals surface area (Å²) in [5.74, 6) is -3.72. The summed E-state index contributed by atoms with van der Waals surface area (Å²) in [5, 5.41) is 3.34. The van der Waals surface area contributed by atoms with Gasteiger partial charge in [0.2, 0.25) is 5.85 Å². The van der Waals surface area contributed by atoms with E-state index in [0.29, 0.717) is 69.4 Å². The summed E-state index contributed by atoms with van der Waals surface area (Å²) < 4.78 is 46.9. The van der Waals surface area contributed by atoms with Gasteiger partial charge in [-0.3, -0.25) is 28.6 Å². The molecule has 2 saturated heterocycles. The number of carbonyl (C=O) groups is 3. The second-order valence-electron chi connectivity index (χ2n) is 12.7. The number of hydrogen-bond acceptors (Lipinski definition) is 8. The Morgan fingerprint density at radius 2 is 1.79 bits per heavy atom. The fraction of sp³-hybridized carbons (Fsp3) is 0.514. The van der Waals surface area contributed by atoms with Crippen LogP contribution in [0.2, 0.25) is 5.02 Å². The molecule has 3 fully saturated rings. The van der Waals surface area contributed by atoms with Crippen LogP contribution in [0.4, 0.5) is 14.5 Å². The molecule has 1 unspecified atom stereocenters. The van der Waals surface area contributed by atoms with E-state index >= 15 is 4.39 Å². The fourth-order valence-electron chi connectivity index (χ4n) is 7.06. The molecular formula is C35H40ClF2N3O6. The van der Waals surface area contributed by atoms with E-state index in [0.717, 1.165) is 18.9 Å². The van der Waals surface area contributed by atoms with E-state index in [9.17, 15) is 18.8 Å². The second kappa shape index (κ2) is 14.4. The molecule has 3 aliphatic rings. The monoisotopic (exact) mass is 671 g/mol. The van der Waals surface area contributed by atoms with E-state index in [1.165, 1.54) is 12.3 Å². The maximum absolute atomic E-state index is 15.7. The van der Waals surface area contributed by atoms with Crippen molar-refractivity contribution >= 4 is 45.9 Å². The number of fused-ring (bicyclic) bond motifs is 1. The first-order chi connectivity index (χ1) is 22.7. The molecule has 1 saturated carbocycles. The molecule has 1 aromatic heterocycles. The number of rotatable bonds is 12. The number of alkyl halides is 1. The average Bonchev–Trinajstić information content (AvgIpc) is 3.74. The molecule has 12 heteroatoms. The lowest BCUT2D eigenvalue weighted by Crippen LogP contribution is -2.73. The zero-order chi connectivity index (χ0) is 33.1. The zero-order valence-electron chi connectivity index (χ0n) is 26.4. The molecule has 0 spiro atoms. The molecule has 9 nitrogen and oxygen atoms in total. The van der Waals surface area contributed by atoms with E-state index in [2.05, 4.69) is 5.32 Å². The topological polar surface area (TPSA) is 101 Å². The number of benzene rings is 2. The number of halogens is 3. The second-order valence-corrected chi connectivity index (χ2v) is 13.1. The number of para-hydroxylation sites is 1. The molecule has 1 amide bonds. The molecule has 1 aliphatic carbocycles. The quantitative estimate of drug-likeness (QED) is 0.222. The Morgan fingerprint density at radius 3 is 2.49 bits per heavy atom. The molecule has 1 atom stereocenters. The normalized spacial score (nSPS) is 22.1. The van der Waals surface area contributed by atoms with Gasteiger partial charge in [0, 0.05) is 43.9 Å². The van der Waals surface area contributed by atoms with Crippen LogP contribution < -0.4 is 5.32 Å². The van der Waals surface area contributed by atoms with Gasteiger partial charge in [-0.2, -0.15) is 0 Å². The van der Waals surface area contributed by atoms with Crippen LogP contribution in [0.15, 0.2) is 47.1 Å². The molecule has 1 N–H and O–H groups in total. The molecule has 3 aromatic rings. The molecule has 0 bridgehead atoms. The van der Waals surface area contributed by atoms with Crippen molar-refractivity contribution in [3.05, 3.63) is 64.6 Å². The highest BCUT2D eigenvalue weighted by molar-refractivity contribution is 6.34. The van der Waals surface area contributed by atoms with Gasteiger partial charge in [0.1, 0.15) is 17.7 Å². The van der Waals surface area contributed by atoms with E-state index in [4.69, 9.17) is 25.5 Å². The summed E-state index contributed by atoms with van der Waals surface area (Å²) in [6.45, 7) is 3.50. The highest BCUT2D eigenvalue weighted by Crippen LogP contribution is 2.40. The predicted molar refractivity (Wildman–Crippen MR) is 172 cm³/mol. The van der Waals surface area contributed by atoms with Crippen molar-refractivity contribution in [3.63, 3.8) is 0 Å². The van der Waals surface area contributed by atoms with E-state index in [1.54, 1.807) is 31.2 Å². The number of esters is 1. The summed E-state index contributed by atoms with van der Waals surface area (Å²) in [6, 6.07) is 9.54. The minimum atomic E-state index is -1.50. The maximum Gasteiger partial charge on any atom is 0.308 e. The summed E-state index contributed by atoms with van der Waals surface area (Å²) in [7, 11) is 0. The Labute approximate surface area is 277 Å². The molecule has 2 aliphatic heterocycles. The number of nitrogens with zero attached hydrogens (tertiary/aromatic N) is 2. The minimum absolute atomic E-state index is 0.0598. The minimum Gasteiger partial charge on any atom is -0.466 e. The number of nitrogens with one attached hydrogen (secondary N) is 1. The number of furan rings is 1. The van der Waals surface area contributed by atoms with Crippen molar-refractivity contribution in [2.45, 2.75) is 63.8 Å². The molecule has 2 aromatic carbocycles. The van der Waals surface area contributed by atoms with E-state index in [-0.39, 0.29) is 58.0 Å². The summed E-state index contributed by atoms with van der Waals surface area (Å²) >= 11 is 6.56. The summed E-state index contributed by atoms with van der Waals surface area (Å²) in [4.78, 5) is 43.8. The van der Waals surface area contributed by atoms with Crippen molar-refractivity contribution in [2.75, 3.05) is 44.8 Å². The maximum atomic E-state index is 15.7. The predicted octanol–water partition coefficient (Wildman–Crippen LogP) is 6.38. The van der Waals surface area contributed by atoms with Crippen LogP contribution in [0.1, 0.15) is 61.4 Å². The average molecular weight is 672 g/mol. The number of ether oxygens (including phenoxy) is 2. The summed E-state index contributed by atoms with van der Waals surface area (Å²) in [5.41, 5.74) is 0.943. The SMILES string of the molecule is CCOC(=O)C1CCC(OC(C(=O)Cc2cc(Cl)c(NC(=O)c3coc4ccccc34)cc2F)(N2CCCC2)N2CC(CF)C2)CC1. The van der Waals surface area contributed by atoms with Gasteiger partial charge in [-0.05, 0) is 69.2 Å². The third-order valence-corrected chi connectivity index (χ3v) is 9.90.